The molecule has 7 N–H and O–H groups in total. The first-order valence-corrected chi connectivity index (χ1v) is 6.62. The summed E-state index contributed by atoms with van der Waals surface area (Å²) in [5.41, 5.74) is 16.5. The highest BCUT2D eigenvalue weighted by Crippen LogP contribution is 2.15. The van der Waals surface area contributed by atoms with E-state index in [1.54, 1.807) is 0 Å². The fourth-order valence-corrected chi connectivity index (χ4v) is 2.37. The average molecular weight is 245 g/mol. The zero-order valence-corrected chi connectivity index (χ0v) is 10.6. The minimum absolute atomic E-state index is 0.115. The second-order valence-electron chi connectivity index (χ2n) is 5.11. The Kier molecular flexibility index (Phi) is 6.99. The van der Waals surface area contributed by atoms with Gasteiger partial charge in [-0.15, -0.1) is 0 Å². The van der Waals surface area contributed by atoms with Gasteiger partial charge in [-0.2, -0.15) is 0 Å². The third-order valence-corrected chi connectivity index (χ3v) is 3.29. The fraction of sp³-hybridized carbons (Fsp3) is 1.00. The van der Waals surface area contributed by atoms with Crippen LogP contribution in [0.5, 0.6) is 0 Å². The van der Waals surface area contributed by atoms with Crippen LogP contribution in [0, 0.1) is 0 Å². The summed E-state index contributed by atoms with van der Waals surface area (Å²) < 4.78 is 5.30. The molecule has 0 aromatic heterocycles. The van der Waals surface area contributed by atoms with Gasteiger partial charge in [-0.25, -0.2) is 0 Å². The molecule has 5 heteroatoms. The summed E-state index contributed by atoms with van der Waals surface area (Å²) in [6.07, 6.45) is 6.07. The van der Waals surface area contributed by atoms with Crippen LogP contribution >= 0.6 is 0 Å². The molecule has 2 aliphatic rings. The van der Waals surface area contributed by atoms with E-state index in [9.17, 15) is 0 Å². The van der Waals surface area contributed by atoms with Gasteiger partial charge in [0.25, 0.3) is 0 Å². The minimum Gasteiger partial charge on any atom is -0.393 e. The van der Waals surface area contributed by atoms with Gasteiger partial charge in [0.05, 0.1) is 12.2 Å². The topological polar surface area (TPSA) is 108 Å². The highest BCUT2D eigenvalue weighted by Gasteiger charge is 2.22. The molecule has 0 aromatic carbocycles. The number of hydrogen-bond acceptors (Lipinski definition) is 5. The van der Waals surface area contributed by atoms with Gasteiger partial charge >= 0.3 is 0 Å². The normalized spacial score (nSPS) is 38.1. The molecule has 17 heavy (non-hydrogen) atoms. The fourth-order valence-electron chi connectivity index (χ4n) is 2.37. The van der Waals surface area contributed by atoms with Gasteiger partial charge in [0.15, 0.2) is 0 Å². The van der Waals surface area contributed by atoms with E-state index in [2.05, 4.69) is 0 Å². The minimum atomic E-state index is -0.260. The lowest BCUT2D eigenvalue weighted by molar-refractivity contribution is 0.0222. The van der Waals surface area contributed by atoms with Gasteiger partial charge in [-0.3, -0.25) is 0 Å². The Labute approximate surface area is 104 Å². The van der Waals surface area contributed by atoms with E-state index in [-0.39, 0.29) is 18.2 Å². The van der Waals surface area contributed by atoms with Crippen LogP contribution < -0.4 is 17.2 Å². The maximum atomic E-state index is 9.09. The first-order chi connectivity index (χ1) is 8.11. The first-order valence-electron chi connectivity index (χ1n) is 6.62. The molecule has 2 rings (SSSR count). The molecule has 0 aromatic rings. The largest absolute Gasteiger partial charge is 0.393 e. The van der Waals surface area contributed by atoms with E-state index in [1.165, 1.54) is 12.8 Å². The van der Waals surface area contributed by atoms with Crippen molar-refractivity contribution in [2.24, 2.45) is 17.2 Å². The Morgan fingerprint density at radius 3 is 2.06 bits per heavy atom. The van der Waals surface area contributed by atoms with Crippen LogP contribution in [-0.2, 0) is 4.74 Å². The van der Waals surface area contributed by atoms with Crippen molar-refractivity contribution >= 4 is 0 Å². The van der Waals surface area contributed by atoms with E-state index < -0.39 is 0 Å². The third-order valence-electron chi connectivity index (χ3n) is 3.29. The van der Waals surface area contributed by atoms with Gasteiger partial charge < -0.3 is 27.0 Å². The molecule has 1 aliphatic carbocycles. The molecule has 3 atom stereocenters. The van der Waals surface area contributed by atoms with Crippen molar-refractivity contribution in [2.45, 2.75) is 62.8 Å². The van der Waals surface area contributed by atoms with Gasteiger partial charge in [0.2, 0.25) is 0 Å². The van der Waals surface area contributed by atoms with Crippen LogP contribution in [0.25, 0.3) is 0 Å². The van der Waals surface area contributed by atoms with E-state index in [0.717, 1.165) is 19.4 Å². The average Bonchev–Trinajstić information content (AvgIpc) is 2.29. The van der Waals surface area contributed by atoms with E-state index in [1.807, 2.05) is 0 Å². The summed E-state index contributed by atoms with van der Waals surface area (Å²) in [5.74, 6) is 0. The molecule has 1 heterocycles. The van der Waals surface area contributed by atoms with Crippen molar-refractivity contribution in [3.63, 3.8) is 0 Å². The Bertz CT molecular complexity index is 173. The predicted octanol–water partition coefficient (Wildman–Crippen LogP) is -0.300. The Morgan fingerprint density at radius 2 is 1.71 bits per heavy atom. The second-order valence-corrected chi connectivity index (χ2v) is 5.11. The highest BCUT2D eigenvalue weighted by molar-refractivity contribution is 4.82. The number of hydrogen-bond donors (Lipinski definition) is 4. The van der Waals surface area contributed by atoms with Gasteiger partial charge in [0, 0.05) is 25.2 Å². The summed E-state index contributed by atoms with van der Waals surface area (Å²) >= 11 is 0. The van der Waals surface area contributed by atoms with E-state index in [4.69, 9.17) is 27.0 Å². The molecule has 3 unspecified atom stereocenters. The van der Waals surface area contributed by atoms with Crippen LogP contribution in [0.15, 0.2) is 0 Å². The Balaban J connectivity index is 0.000000171. The smallest absolute Gasteiger partial charge is 0.0697 e. The second kappa shape index (κ2) is 8.00. The summed E-state index contributed by atoms with van der Waals surface area (Å²) in [4.78, 5) is 0. The molecule has 1 aliphatic heterocycles. The molecule has 0 spiro atoms. The van der Waals surface area contributed by atoms with Gasteiger partial charge in [-0.05, 0) is 38.5 Å². The zero-order chi connectivity index (χ0) is 12.7. The summed E-state index contributed by atoms with van der Waals surface area (Å²) in [6.45, 7) is 1.61. The molecule has 5 nitrogen and oxygen atoms in total. The molecular formula is C12H27N3O2. The number of aliphatic hydroxyl groups is 1. The Morgan fingerprint density at radius 1 is 1.06 bits per heavy atom. The van der Waals surface area contributed by atoms with Crippen molar-refractivity contribution in [1.82, 2.24) is 0 Å². The van der Waals surface area contributed by atoms with Crippen molar-refractivity contribution in [3.05, 3.63) is 0 Å². The molecule has 102 valence electrons. The maximum Gasteiger partial charge on any atom is 0.0697 e. The monoisotopic (exact) mass is 245 g/mol. The van der Waals surface area contributed by atoms with Crippen LogP contribution in [0.3, 0.4) is 0 Å². The lowest BCUT2D eigenvalue weighted by atomic mass is 9.90. The van der Waals surface area contributed by atoms with Crippen molar-refractivity contribution < 1.29 is 9.84 Å². The Hall–Kier alpha value is -0.200. The summed E-state index contributed by atoms with van der Waals surface area (Å²) in [5, 5.41) is 9.09. The summed E-state index contributed by atoms with van der Waals surface area (Å²) in [7, 11) is 0. The molecule has 1 saturated heterocycles. The van der Waals surface area contributed by atoms with E-state index >= 15 is 0 Å². The molecule has 1 saturated carbocycles. The molecule has 2 fully saturated rings. The van der Waals surface area contributed by atoms with Gasteiger partial charge in [0.1, 0.15) is 0 Å². The molecule has 0 bridgehead atoms. The number of aliphatic hydroxyl groups excluding tert-OH is 1. The standard InChI is InChI=1S/C6H14N2O.C6H13NO/c7-4-1-5(8)3-6(9)2-4;7-5-6-3-1-2-4-8-6/h4-6,9H,1-3,7-8H2;6H,1-5,7H2. The predicted molar refractivity (Wildman–Crippen MR) is 68.5 cm³/mol. The SMILES string of the molecule is NC1CC(N)CC(O)C1.NCC1CCCCO1. The number of ether oxygens (including phenoxy) is 1. The van der Waals surface area contributed by atoms with Crippen molar-refractivity contribution in [2.75, 3.05) is 13.2 Å². The first kappa shape index (κ1) is 14.9. The third kappa shape index (κ3) is 6.33. The quantitative estimate of drug-likeness (QED) is 0.507. The van der Waals surface area contributed by atoms with Crippen molar-refractivity contribution in [1.29, 1.82) is 0 Å². The van der Waals surface area contributed by atoms with Crippen LogP contribution in [0.1, 0.15) is 38.5 Å². The molecular weight excluding hydrogens is 218 g/mol. The van der Waals surface area contributed by atoms with Crippen molar-refractivity contribution in [3.8, 4) is 0 Å². The van der Waals surface area contributed by atoms with Crippen LogP contribution in [0.2, 0.25) is 0 Å². The van der Waals surface area contributed by atoms with E-state index in [0.29, 0.717) is 25.5 Å². The lowest BCUT2D eigenvalue weighted by Gasteiger charge is -2.27. The van der Waals surface area contributed by atoms with Gasteiger partial charge in [-0.1, -0.05) is 0 Å². The van der Waals surface area contributed by atoms with Crippen LogP contribution in [-0.4, -0.2) is 42.5 Å². The zero-order valence-electron chi connectivity index (χ0n) is 10.6. The maximum absolute atomic E-state index is 9.09. The number of nitrogens with two attached hydrogens (primary N) is 3. The highest BCUT2D eigenvalue weighted by atomic mass is 16.5. The van der Waals surface area contributed by atoms with Crippen LogP contribution in [0.4, 0.5) is 0 Å². The lowest BCUT2D eigenvalue weighted by Crippen LogP contribution is -2.41. The number of rotatable bonds is 1. The summed E-state index contributed by atoms with van der Waals surface area (Å²) in [6, 6.07) is 0.229. The molecule has 0 amide bonds. The molecule has 0 radical (unpaired) electrons.